The van der Waals surface area contributed by atoms with Gasteiger partial charge in [0.15, 0.2) is 17.6 Å². The van der Waals surface area contributed by atoms with Gasteiger partial charge in [0.1, 0.15) is 5.82 Å². The van der Waals surface area contributed by atoms with E-state index in [1.807, 2.05) is 19.1 Å². The number of fused-ring (bicyclic) bond motifs is 1. The molecular formula is C24H25Br2N3O5. The number of ether oxygens (including phenoxy) is 2. The van der Waals surface area contributed by atoms with Crippen LogP contribution in [-0.4, -0.2) is 39.7 Å². The fraction of sp³-hybridized carbons (Fsp3) is 0.333. The van der Waals surface area contributed by atoms with Crippen LogP contribution in [-0.2, 0) is 11.2 Å². The maximum absolute atomic E-state index is 13.3. The van der Waals surface area contributed by atoms with Crippen molar-refractivity contribution in [3.63, 3.8) is 0 Å². The van der Waals surface area contributed by atoms with E-state index in [4.69, 9.17) is 14.6 Å². The number of hydrogen-bond donors (Lipinski definition) is 1. The molecule has 0 aliphatic carbocycles. The molecule has 0 amide bonds. The molecule has 3 aromatic rings. The molecular weight excluding hydrogens is 570 g/mol. The van der Waals surface area contributed by atoms with E-state index in [-0.39, 0.29) is 5.56 Å². The van der Waals surface area contributed by atoms with Crippen molar-refractivity contribution in [2.75, 3.05) is 6.61 Å². The Labute approximate surface area is 213 Å². The van der Waals surface area contributed by atoms with E-state index in [1.165, 1.54) is 11.6 Å². The van der Waals surface area contributed by atoms with Gasteiger partial charge in [0.25, 0.3) is 5.56 Å². The largest absolute Gasteiger partial charge is 0.490 e. The van der Waals surface area contributed by atoms with Crippen LogP contribution < -0.4 is 15.0 Å². The Morgan fingerprint density at radius 2 is 2.00 bits per heavy atom. The number of rotatable bonds is 10. The molecule has 0 saturated carbocycles. The van der Waals surface area contributed by atoms with Crippen molar-refractivity contribution in [3.8, 4) is 11.5 Å². The van der Waals surface area contributed by atoms with Crippen LogP contribution in [0.2, 0.25) is 0 Å². The van der Waals surface area contributed by atoms with Crippen LogP contribution in [0.15, 0.2) is 49.2 Å². The van der Waals surface area contributed by atoms with Gasteiger partial charge in [-0.1, -0.05) is 29.3 Å². The number of unbranched alkanes of at least 4 members (excludes halogenated alkanes) is 1. The van der Waals surface area contributed by atoms with Gasteiger partial charge in [0, 0.05) is 20.9 Å². The van der Waals surface area contributed by atoms with Crippen LogP contribution in [0.3, 0.4) is 0 Å². The number of carbonyl (C=O) groups is 1. The highest BCUT2D eigenvalue weighted by Crippen LogP contribution is 2.34. The van der Waals surface area contributed by atoms with Crippen LogP contribution in [0.5, 0.6) is 11.5 Å². The van der Waals surface area contributed by atoms with Crippen molar-refractivity contribution in [2.45, 2.75) is 46.1 Å². The molecule has 10 heteroatoms. The van der Waals surface area contributed by atoms with E-state index < -0.39 is 12.1 Å². The van der Waals surface area contributed by atoms with Crippen molar-refractivity contribution >= 4 is 54.9 Å². The molecule has 0 saturated heterocycles. The zero-order valence-corrected chi connectivity index (χ0v) is 22.2. The third kappa shape index (κ3) is 6.04. The Bertz CT molecular complexity index is 1290. The molecule has 0 spiro atoms. The van der Waals surface area contributed by atoms with Gasteiger partial charge in [0.05, 0.1) is 23.7 Å². The third-order valence-corrected chi connectivity index (χ3v) is 6.14. The number of halogens is 2. The molecule has 0 aliphatic heterocycles. The van der Waals surface area contributed by atoms with Gasteiger partial charge in [-0.15, -0.1) is 0 Å². The normalized spacial score (nSPS) is 12.3. The molecule has 0 unspecified atom stereocenters. The maximum Gasteiger partial charge on any atom is 0.344 e. The summed E-state index contributed by atoms with van der Waals surface area (Å²) >= 11 is 6.89. The fourth-order valence-electron chi connectivity index (χ4n) is 3.18. The Balaban J connectivity index is 2.07. The summed E-state index contributed by atoms with van der Waals surface area (Å²) in [4.78, 5) is 29.1. The smallest absolute Gasteiger partial charge is 0.344 e. The predicted molar refractivity (Wildman–Crippen MR) is 138 cm³/mol. The first-order chi connectivity index (χ1) is 16.2. The lowest BCUT2D eigenvalue weighted by molar-refractivity contribution is -0.144. The molecule has 1 aromatic heterocycles. The lowest BCUT2D eigenvalue weighted by Crippen LogP contribution is -2.23. The Hall–Kier alpha value is -2.72. The summed E-state index contributed by atoms with van der Waals surface area (Å²) in [5, 5.41) is 14.1. The number of aliphatic carboxylic acids is 1. The van der Waals surface area contributed by atoms with Crippen LogP contribution in [0.25, 0.3) is 10.9 Å². The summed E-state index contributed by atoms with van der Waals surface area (Å²) < 4.78 is 13.9. The highest BCUT2D eigenvalue weighted by Gasteiger charge is 2.18. The van der Waals surface area contributed by atoms with Gasteiger partial charge < -0.3 is 14.6 Å². The molecule has 8 nitrogen and oxygen atoms in total. The van der Waals surface area contributed by atoms with Crippen LogP contribution >= 0.6 is 31.9 Å². The molecule has 2 aromatic carbocycles. The van der Waals surface area contributed by atoms with Gasteiger partial charge in [-0.25, -0.2) is 9.78 Å². The van der Waals surface area contributed by atoms with Crippen molar-refractivity contribution in [2.24, 2.45) is 5.10 Å². The molecule has 0 bridgehead atoms. The van der Waals surface area contributed by atoms with Gasteiger partial charge in [-0.3, -0.25) is 4.79 Å². The molecule has 1 atom stereocenters. The average molecular weight is 595 g/mol. The average Bonchev–Trinajstić information content (AvgIpc) is 2.80. The standard InChI is InChI=1S/C24H25Br2N3O5/c1-4-6-7-22-28-19-9-8-16(25)11-17(19)23(30)29(22)27-13-15-10-20(33-5-2)21(12-18(15)26)34-14(3)24(31)32/h8-14H,4-7H2,1-3H3,(H,31,32)/t14-/m1/s1. The van der Waals surface area contributed by atoms with Gasteiger partial charge in [-0.05, 0) is 66.5 Å². The second-order valence-electron chi connectivity index (χ2n) is 7.51. The van der Waals surface area contributed by atoms with Crippen LogP contribution in [0.1, 0.15) is 45.0 Å². The highest BCUT2D eigenvalue weighted by atomic mass is 79.9. The fourth-order valence-corrected chi connectivity index (χ4v) is 3.97. The van der Waals surface area contributed by atoms with Gasteiger partial charge >= 0.3 is 5.97 Å². The quantitative estimate of drug-likeness (QED) is 0.315. The molecule has 1 heterocycles. The Morgan fingerprint density at radius 3 is 2.68 bits per heavy atom. The first-order valence-electron chi connectivity index (χ1n) is 10.9. The number of aromatic nitrogens is 2. The van der Waals surface area contributed by atoms with E-state index in [1.54, 1.807) is 24.4 Å². The minimum Gasteiger partial charge on any atom is -0.490 e. The lowest BCUT2D eigenvalue weighted by Gasteiger charge is -2.16. The summed E-state index contributed by atoms with van der Waals surface area (Å²) in [5.41, 5.74) is 0.992. The molecule has 0 fully saturated rings. The maximum atomic E-state index is 13.3. The third-order valence-electron chi connectivity index (χ3n) is 4.96. The molecule has 0 radical (unpaired) electrons. The van der Waals surface area contributed by atoms with Crippen LogP contribution in [0.4, 0.5) is 0 Å². The molecule has 180 valence electrons. The minimum absolute atomic E-state index is 0.259. The van der Waals surface area contributed by atoms with Crippen LogP contribution in [0, 0.1) is 0 Å². The zero-order valence-electron chi connectivity index (χ0n) is 19.0. The summed E-state index contributed by atoms with van der Waals surface area (Å²) in [6.45, 7) is 5.69. The van der Waals surface area contributed by atoms with Gasteiger partial charge in [-0.2, -0.15) is 9.78 Å². The number of carboxylic acids is 1. The summed E-state index contributed by atoms with van der Waals surface area (Å²) in [5.74, 6) is 0.158. The molecule has 0 aliphatic rings. The number of nitrogens with zero attached hydrogens (tertiary/aromatic N) is 3. The van der Waals surface area contributed by atoms with Crippen molar-refractivity contribution in [1.29, 1.82) is 0 Å². The van der Waals surface area contributed by atoms with Crippen molar-refractivity contribution in [1.82, 2.24) is 9.66 Å². The molecule has 34 heavy (non-hydrogen) atoms. The van der Waals surface area contributed by atoms with E-state index in [9.17, 15) is 9.59 Å². The Morgan fingerprint density at radius 1 is 1.24 bits per heavy atom. The number of benzene rings is 2. The number of carboxylic acid groups (broad SMARTS) is 1. The SMILES string of the molecule is CCCCc1nc2ccc(Br)cc2c(=O)n1N=Cc1cc(OCC)c(O[C@H](C)C(=O)O)cc1Br. The number of hydrogen-bond acceptors (Lipinski definition) is 6. The predicted octanol–water partition coefficient (Wildman–Crippen LogP) is 5.40. The topological polar surface area (TPSA) is 103 Å². The van der Waals surface area contributed by atoms with Crippen molar-refractivity contribution < 1.29 is 19.4 Å². The minimum atomic E-state index is -1.08. The van der Waals surface area contributed by atoms with E-state index in [2.05, 4.69) is 48.9 Å². The monoisotopic (exact) mass is 593 g/mol. The summed E-state index contributed by atoms with van der Waals surface area (Å²) in [6, 6.07) is 8.71. The van der Waals surface area contributed by atoms with E-state index in [0.717, 1.165) is 17.3 Å². The van der Waals surface area contributed by atoms with E-state index >= 15 is 0 Å². The van der Waals surface area contributed by atoms with Crippen molar-refractivity contribution in [3.05, 3.63) is 61.0 Å². The highest BCUT2D eigenvalue weighted by molar-refractivity contribution is 9.10. The first kappa shape index (κ1) is 25.9. The second-order valence-corrected chi connectivity index (χ2v) is 9.28. The first-order valence-corrected chi connectivity index (χ1v) is 12.4. The summed E-state index contributed by atoms with van der Waals surface area (Å²) in [7, 11) is 0. The molecule has 1 N–H and O–H groups in total. The lowest BCUT2D eigenvalue weighted by atomic mass is 10.2. The number of aryl methyl sites for hydroxylation is 1. The zero-order chi connectivity index (χ0) is 24.8. The van der Waals surface area contributed by atoms with Gasteiger partial charge in [0.2, 0.25) is 0 Å². The second kappa shape index (κ2) is 11.6. The molecule has 3 rings (SSSR count). The van der Waals surface area contributed by atoms with E-state index in [0.29, 0.717) is 51.3 Å². The summed E-state index contributed by atoms with van der Waals surface area (Å²) in [6.07, 6.45) is 2.93. The Kier molecular flexibility index (Phi) is 8.84.